The molecular weight excluding hydrogens is 256 g/mol. The minimum Gasteiger partial charge on any atom is -0.507 e. The summed E-state index contributed by atoms with van der Waals surface area (Å²) in [6, 6.07) is 13.8. The Bertz CT molecular complexity index is 879. The Morgan fingerprint density at radius 3 is 2.50 bits per heavy atom. The second-order valence-corrected chi connectivity index (χ2v) is 4.51. The van der Waals surface area contributed by atoms with E-state index >= 15 is 0 Å². The Balaban J connectivity index is 2.24. The van der Waals surface area contributed by atoms with Gasteiger partial charge in [-0.15, -0.1) is 0 Å². The van der Waals surface area contributed by atoms with E-state index in [-0.39, 0.29) is 17.7 Å². The number of nitrogens with zero attached hydrogens (tertiary/aromatic N) is 1. The molecule has 0 aliphatic heterocycles. The highest BCUT2D eigenvalue weighted by Crippen LogP contribution is 2.17. The van der Waals surface area contributed by atoms with Crippen molar-refractivity contribution >= 4 is 10.9 Å². The van der Waals surface area contributed by atoms with Crippen molar-refractivity contribution in [2.75, 3.05) is 0 Å². The molecule has 0 saturated carbocycles. The molecule has 0 amide bonds. The van der Waals surface area contributed by atoms with E-state index < -0.39 is 11.2 Å². The summed E-state index contributed by atoms with van der Waals surface area (Å²) >= 11 is 0. The first-order chi connectivity index (χ1) is 9.66. The lowest BCUT2D eigenvalue weighted by molar-refractivity contribution is 0.480. The second-order valence-electron chi connectivity index (χ2n) is 4.51. The predicted molar refractivity (Wildman–Crippen MR) is 76.0 cm³/mol. The summed E-state index contributed by atoms with van der Waals surface area (Å²) in [5, 5.41) is 9.93. The maximum absolute atomic E-state index is 12.4. The Labute approximate surface area is 113 Å². The average molecular weight is 268 g/mol. The molecular formula is C15H12N2O3. The van der Waals surface area contributed by atoms with Crippen LogP contribution >= 0.6 is 0 Å². The number of H-pyrrole nitrogens is 1. The van der Waals surface area contributed by atoms with Crippen molar-refractivity contribution in [3.63, 3.8) is 0 Å². The van der Waals surface area contributed by atoms with E-state index in [1.807, 2.05) is 30.3 Å². The summed E-state index contributed by atoms with van der Waals surface area (Å²) in [5.74, 6) is -0.134. The zero-order valence-electron chi connectivity index (χ0n) is 10.5. The summed E-state index contributed by atoms with van der Waals surface area (Å²) in [6.45, 7) is 0.166. The molecule has 0 spiro atoms. The molecule has 3 rings (SSSR count). The number of fused-ring (bicyclic) bond motifs is 1. The van der Waals surface area contributed by atoms with E-state index in [4.69, 9.17) is 0 Å². The zero-order valence-corrected chi connectivity index (χ0v) is 10.5. The Morgan fingerprint density at radius 2 is 1.75 bits per heavy atom. The number of hydrogen-bond donors (Lipinski definition) is 2. The van der Waals surface area contributed by atoms with Gasteiger partial charge in [-0.25, -0.2) is 4.79 Å². The van der Waals surface area contributed by atoms with Crippen molar-refractivity contribution < 1.29 is 5.11 Å². The summed E-state index contributed by atoms with van der Waals surface area (Å²) in [5.41, 5.74) is 0.196. The van der Waals surface area contributed by atoms with Crippen molar-refractivity contribution in [3.05, 3.63) is 74.9 Å². The third kappa shape index (κ3) is 1.99. The second kappa shape index (κ2) is 4.70. The molecule has 0 fully saturated rings. The van der Waals surface area contributed by atoms with E-state index in [0.717, 1.165) is 10.1 Å². The third-order valence-electron chi connectivity index (χ3n) is 3.17. The molecule has 1 heterocycles. The number of aromatic nitrogens is 2. The summed E-state index contributed by atoms with van der Waals surface area (Å²) < 4.78 is 1.08. The number of phenolic OH excluding ortho intramolecular Hbond substituents is 1. The van der Waals surface area contributed by atoms with Crippen LogP contribution in [0.25, 0.3) is 10.9 Å². The van der Waals surface area contributed by atoms with Gasteiger partial charge in [0.05, 0.1) is 12.1 Å². The molecule has 1 aromatic heterocycles. The van der Waals surface area contributed by atoms with Gasteiger partial charge in [-0.05, 0) is 17.7 Å². The first kappa shape index (κ1) is 12.2. The number of benzene rings is 2. The fourth-order valence-electron chi connectivity index (χ4n) is 2.19. The molecule has 0 aliphatic rings. The number of phenols is 1. The molecule has 2 aromatic carbocycles. The fraction of sp³-hybridized carbons (Fsp3) is 0.0667. The fourth-order valence-corrected chi connectivity index (χ4v) is 2.19. The zero-order chi connectivity index (χ0) is 14.1. The van der Waals surface area contributed by atoms with E-state index in [1.54, 1.807) is 12.1 Å². The number of hydrogen-bond acceptors (Lipinski definition) is 3. The van der Waals surface area contributed by atoms with Crippen molar-refractivity contribution in [1.82, 2.24) is 9.55 Å². The van der Waals surface area contributed by atoms with Gasteiger partial charge in [-0.3, -0.25) is 9.36 Å². The Kier molecular flexibility index (Phi) is 2.87. The third-order valence-corrected chi connectivity index (χ3v) is 3.17. The van der Waals surface area contributed by atoms with Crippen LogP contribution in [0.4, 0.5) is 0 Å². The molecule has 5 heteroatoms. The molecule has 0 bridgehead atoms. The molecule has 0 unspecified atom stereocenters. The van der Waals surface area contributed by atoms with Crippen LogP contribution < -0.4 is 11.2 Å². The van der Waals surface area contributed by atoms with E-state index in [1.165, 1.54) is 6.07 Å². The quantitative estimate of drug-likeness (QED) is 0.738. The van der Waals surface area contributed by atoms with Gasteiger partial charge in [0.2, 0.25) is 0 Å². The minimum atomic E-state index is -0.495. The molecule has 5 nitrogen and oxygen atoms in total. The van der Waals surface area contributed by atoms with Crippen LogP contribution in [-0.2, 0) is 6.54 Å². The highest BCUT2D eigenvalue weighted by atomic mass is 16.3. The summed E-state index contributed by atoms with van der Waals surface area (Å²) in [4.78, 5) is 27.0. The van der Waals surface area contributed by atoms with Gasteiger partial charge in [0.1, 0.15) is 11.1 Å². The Morgan fingerprint density at radius 1 is 1.00 bits per heavy atom. The molecule has 0 radical (unpaired) electrons. The van der Waals surface area contributed by atoms with Gasteiger partial charge >= 0.3 is 5.69 Å². The normalized spacial score (nSPS) is 10.8. The van der Waals surface area contributed by atoms with Crippen molar-refractivity contribution in [2.24, 2.45) is 0 Å². The lowest BCUT2D eigenvalue weighted by Gasteiger charge is -2.07. The van der Waals surface area contributed by atoms with E-state index in [0.29, 0.717) is 5.52 Å². The molecule has 0 aliphatic carbocycles. The van der Waals surface area contributed by atoms with Crippen molar-refractivity contribution in [3.8, 4) is 5.75 Å². The van der Waals surface area contributed by atoms with Crippen LogP contribution in [0.15, 0.2) is 58.1 Å². The molecule has 3 aromatic rings. The van der Waals surface area contributed by atoms with Crippen LogP contribution in [0.1, 0.15) is 5.56 Å². The average Bonchev–Trinajstić information content (AvgIpc) is 2.44. The topological polar surface area (TPSA) is 75.1 Å². The van der Waals surface area contributed by atoms with Crippen molar-refractivity contribution in [2.45, 2.75) is 6.54 Å². The summed E-state index contributed by atoms with van der Waals surface area (Å²) in [7, 11) is 0. The SMILES string of the molecule is O=c1[nH]c2cccc(O)c2c(=O)n1Cc1ccccc1. The largest absolute Gasteiger partial charge is 0.507 e. The standard InChI is InChI=1S/C15H12N2O3/c18-12-8-4-7-11-13(12)14(19)17(15(20)16-11)9-10-5-2-1-3-6-10/h1-8,18H,9H2,(H,16,20). The molecule has 20 heavy (non-hydrogen) atoms. The van der Waals surface area contributed by atoms with Crippen LogP contribution in [0.2, 0.25) is 0 Å². The highest BCUT2D eigenvalue weighted by molar-refractivity contribution is 5.83. The molecule has 2 N–H and O–H groups in total. The van der Waals surface area contributed by atoms with Gasteiger partial charge in [-0.2, -0.15) is 0 Å². The van der Waals surface area contributed by atoms with Gasteiger partial charge in [0, 0.05) is 0 Å². The van der Waals surface area contributed by atoms with Gasteiger partial charge in [0.15, 0.2) is 0 Å². The highest BCUT2D eigenvalue weighted by Gasteiger charge is 2.10. The van der Waals surface area contributed by atoms with E-state index in [9.17, 15) is 14.7 Å². The predicted octanol–water partition coefficient (Wildman–Crippen LogP) is 1.44. The minimum absolute atomic E-state index is 0.128. The molecule has 0 saturated heterocycles. The van der Waals surface area contributed by atoms with Crippen LogP contribution in [-0.4, -0.2) is 14.7 Å². The van der Waals surface area contributed by atoms with Crippen LogP contribution in [0.3, 0.4) is 0 Å². The number of nitrogens with one attached hydrogen (secondary N) is 1. The lowest BCUT2D eigenvalue weighted by atomic mass is 10.2. The maximum Gasteiger partial charge on any atom is 0.329 e. The molecule has 100 valence electrons. The monoisotopic (exact) mass is 268 g/mol. The number of aromatic hydroxyl groups is 1. The first-order valence-corrected chi connectivity index (χ1v) is 6.15. The number of rotatable bonds is 2. The smallest absolute Gasteiger partial charge is 0.329 e. The molecule has 0 atom stereocenters. The first-order valence-electron chi connectivity index (χ1n) is 6.15. The maximum atomic E-state index is 12.4. The van der Waals surface area contributed by atoms with Gasteiger partial charge < -0.3 is 10.1 Å². The van der Waals surface area contributed by atoms with Crippen LogP contribution in [0.5, 0.6) is 5.75 Å². The Hall–Kier alpha value is -2.82. The van der Waals surface area contributed by atoms with Crippen LogP contribution in [0, 0.1) is 0 Å². The van der Waals surface area contributed by atoms with Gasteiger partial charge in [0.25, 0.3) is 5.56 Å². The number of aromatic amines is 1. The van der Waals surface area contributed by atoms with Gasteiger partial charge in [-0.1, -0.05) is 36.4 Å². The lowest BCUT2D eigenvalue weighted by Crippen LogP contribution is -2.35. The summed E-state index contributed by atoms with van der Waals surface area (Å²) in [6.07, 6.45) is 0. The van der Waals surface area contributed by atoms with Crippen molar-refractivity contribution in [1.29, 1.82) is 0 Å². The van der Waals surface area contributed by atoms with E-state index in [2.05, 4.69) is 4.98 Å².